The van der Waals surface area contributed by atoms with Crippen LogP contribution in [0.2, 0.25) is 5.02 Å². The fourth-order valence-corrected chi connectivity index (χ4v) is 5.49. The first kappa shape index (κ1) is 23.4. The van der Waals surface area contributed by atoms with E-state index >= 15 is 0 Å². The maximum absolute atomic E-state index is 6.52. The van der Waals surface area contributed by atoms with Crippen LogP contribution in [0.3, 0.4) is 0 Å². The summed E-state index contributed by atoms with van der Waals surface area (Å²) < 4.78 is 7.74. The number of pyridine rings is 1. The summed E-state index contributed by atoms with van der Waals surface area (Å²) in [5.41, 5.74) is 6.72. The van der Waals surface area contributed by atoms with Crippen molar-refractivity contribution in [2.45, 2.75) is 32.5 Å². The van der Waals surface area contributed by atoms with Gasteiger partial charge in [-0.25, -0.2) is 0 Å². The molecule has 0 amide bonds. The van der Waals surface area contributed by atoms with Gasteiger partial charge in [-0.15, -0.1) is 0 Å². The van der Waals surface area contributed by atoms with Gasteiger partial charge in [-0.1, -0.05) is 48.0 Å². The quantitative estimate of drug-likeness (QED) is 0.309. The van der Waals surface area contributed by atoms with Crippen molar-refractivity contribution in [1.82, 2.24) is 14.9 Å². The minimum absolute atomic E-state index is 0.0995. The molecule has 2 aromatic heterocycles. The lowest BCUT2D eigenvalue weighted by atomic mass is 9.96. The molecule has 5 rings (SSSR count). The van der Waals surface area contributed by atoms with Gasteiger partial charge in [-0.05, 0) is 73.6 Å². The minimum Gasteiger partial charge on any atom is -0.495 e. The Bertz CT molecular complexity index is 1360. The smallest absolute Gasteiger partial charge is 0.174 e. The molecule has 2 aromatic carbocycles. The van der Waals surface area contributed by atoms with Crippen LogP contribution in [0.1, 0.15) is 40.3 Å². The molecule has 4 aromatic rings. The first-order valence-corrected chi connectivity index (χ1v) is 12.3. The highest BCUT2D eigenvalue weighted by atomic mass is 35.5. The Morgan fingerprint density at radius 3 is 2.49 bits per heavy atom. The van der Waals surface area contributed by atoms with Crippen molar-refractivity contribution in [3.63, 3.8) is 0 Å². The number of hydrogen-bond acceptors (Lipinski definition) is 3. The van der Waals surface area contributed by atoms with Crippen LogP contribution in [-0.2, 0) is 6.54 Å². The molecule has 5 nitrogen and oxygen atoms in total. The van der Waals surface area contributed by atoms with E-state index in [-0.39, 0.29) is 12.1 Å². The summed E-state index contributed by atoms with van der Waals surface area (Å²) in [6.07, 6.45) is 1.82. The van der Waals surface area contributed by atoms with E-state index in [9.17, 15) is 0 Å². The molecule has 2 atom stereocenters. The van der Waals surface area contributed by atoms with E-state index in [1.165, 1.54) is 22.5 Å². The average Bonchev–Trinajstić information content (AvgIpc) is 3.36. The Kier molecular flexibility index (Phi) is 6.50. The van der Waals surface area contributed by atoms with Crippen molar-refractivity contribution < 1.29 is 4.74 Å². The number of nitrogens with one attached hydrogen (secondary N) is 1. The first-order chi connectivity index (χ1) is 17.0. The Morgan fingerprint density at radius 2 is 1.80 bits per heavy atom. The summed E-state index contributed by atoms with van der Waals surface area (Å²) >= 11 is 12.4. The van der Waals surface area contributed by atoms with Crippen LogP contribution < -0.4 is 15.0 Å². The van der Waals surface area contributed by atoms with Crippen molar-refractivity contribution in [3.05, 3.63) is 112 Å². The Balaban J connectivity index is 1.62. The van der Waals surface area contributed by atoms with Crippen LogP contribution in [0.4, 0.5) is 5.69 Å². The van der Waals surface area contributed by atoms with Crippen LogP contribution in [0.5, 0.6) is 5.75 Å². The number of hydrogen-bond donors (Lipinski definition) is 1. The molecular weight excluding hydrogens is 476 g/mol. The van der Waals surface area contributed by atoms with E-state index in [1.54, 1.807) is 7.11 Å². The normalized spacial score (nSPS) is 17.5. The van der Waals surface area contributed by atoms with Gasteiger partial charge in [0.15, 0.2) is 5.11 Å². The highest BCUT2D eigenvalue weighted by molar-refractivity contribution is 7.80. The first-order valence-electron chi connectivity index (χ1n) is 11.5. The lowest BCUT2D eigenvalue weighted by Crippen LogP contribution is -2.29. The monoisotopic (exact) mass is 502 g/mol. The second-order valence-electron chi connectivity index (χ2n) is 8.71. The van der Waals surface area contributed by atoms with Gasteiger partial charge in [0, 0.05) is 29.8 Å². The molecule has 0 saturated carbocycles. The number of nitrogens with zero attached hydrogens (tertiary/aromatic N) is 3. The molecule has 35 heavy (non-hydrogen) atoms. The van der Waals surface area contributed by atoms with Gasteiger partial charge >= 0.3 is 0 Å². The SMILES string of the molecule is COc1ccc(N2C(=S)N[C@@H](c3ccccn3)[C@H]2c2cc(C)n(Cc3ccccc3)c2C)cc1Cl. The molecule has 0 radical (unpaired) electrons. The van der Waals surface area contributed by atoms with Crippen LogP contribution in [0, 0.1) is 13.8 Å². The minimum atomic E-state index is -0.116. The molecule has 1 fully saturated rings. The number of methoxy groups -OCH3 is 1. The number of benzene rings is 2. The van der Waals surface area contributed by atoms with Crippen molar-refractivity contribution in [2.75, 3.05) is 12.0 Å². The Hall–Kier alpha value is -3.35. The molecule has 1 N–H and O–H groups in total. The summed E-state index contributed by atoms with van der Waals surface area (Å²) in [7, 11) is 1.62. The van der Waals surface area contributed by atoms with Gasteiger partial charge in [0.25, 0.3) is 0 Å². The third-order valence-electron chi connectivity index (χ3n) is 6.63. The second-order valence-corrected chi connectivity index (χ2v) is 9.51. The highest BCUT2D eigenvalue weighted by Crippen LogP contribution is 2.44. The molecule has 1 aliphatic rings. The van der Waals surface area contributed by atoms with Gasteiger partial charge in [0.1, 0.15) is 5.75 Å². The predicted octanol–water partition coefficient (Wildman–Crippen LogP) is 6.39. The van der Waals surface area contributed by atoms with Gasteiger partial charge in [0.05, 0.1) is 29.9 Å². The molecule has 0 unspecified atom stereocenters. The lowest BCUT2D eigenvalue weighted by Gasteiger charge is -2.28. The van der Waals surface area contributed by atoms with E-state index in [0.29, 0.717) is 15.9 Å². The highest BCUT2D eigenvalue weighted by Gasteiger charge is 2.42. The number of ether oxygens (including phenoxy) is 1. The number of rotatable bonds is 6. The summed E-state index contributed by atoms with van der Waals surface area (Å²) in [4.78, 5) is 6.82. The fourth-order valence-electron chi connectivity index (χ4n) is 4.89. The van der Waals surface area contributed by atoms with Crippen molar-refractivity contribution >= 4 is 34.6 Å². The number of anilines is 1. The van der Waals surface area contributed by atoms with Crippen molar-refractivity contribution in [2.24, 2.45) is 0 Å². The standard InChI is InChI=1S/C28H27ClN4OS/c1-18-15-22(19(2)32(18)17-20-9-5-4-6-10-20)27-26(24-11-7-8-14-30-24)31-28(35)33(27)21-12-13-25(34-3)23(29)16-21/h4-16,26-27H,17H2,1-3H3,(H,31,35)/t26-,27+/m0/s1. The molecule has 178 valence electrons. The van der Waals surface area contributed by atoms with Crippen LogP contribution >= 0.6 is 23.8 Å². The van der Waals surface area contributed by atoms with Crippen LogP contribution in [0.25, 0.3) is 0 Å². The van der Waals surface area contributed by atoms with Gasteiger partial charge < -0.3 is 19.5 Å². The molecule has 0 spiro atoms. The molecule has 1 aliphatic heterocycles. The molecule has 3 heterocycles. The third kappa shape index (κ3) is 4.40. The fraction of sp³-hybridized carbons (Fsp3) is 0.214. The molecule has 1 saturated heterocycles. The number of aryl methyl sites for hydroxylation is 1. The van der Waals surface area contributed by atoms with Gasteiger partial charge in [0.2, 0.25) is 0 Å². The maximum Gasteiger partial charge on any atom is 0.174 e. The largest absolute Gasteiger partial charge is 0.495 e. The summed E-state index contributed by atoms with van der Waals surface area (Å²) in [6, 6.07) is 24.3. The van der Waals surface area contributed by atoms with Crippen LogP contribution in [-0.4, -0.2) is 21.8 Å². The Labute approximate surface area is 216 Å². The van der Waals surface area contributed by atoms with E-state index < -0.39 is 0 Å². The van der Waals surface area contributed by atoms with E-state index in [4.69, 9.17) is 28.6 Å². The third-order valence-corrected chi connectivity index (χ3v) is 7.24. The van der Waals surface area contributed by atoms with E-state index in [2.05, 4.69) is 63.9 Å². The van der Waals surface area contributed by atoms with E-state index in [1.807, 2.05) is 48.7 Å². The zero-order chi connectivity index (χ0) is 24.5. The average molecular weight is 503 g/mol. The molecular formula is C28H27ClN4OS. The predicted molar refractivity (Wildman–Crippen MR) is 145 cm³/mol. The number of aromatic nitrogens is 2. The van der Waals surface area contributed by atoms with E-state index in [0.717, 1.165) is 17.9 Å². The summed E-state index contributed by atoms with van der Waals surface area (Å²) in [5.74, 6) is 0.632. The molecule has 7 heteroatoms. The second kappa shape index (κ2) is 9.72. The van der Waals surface area contributed by atoms with Crippen LogP contribution in [0.15, 0.2) is 79.0 Å². The summed E-state index contributed by atoms with van der Waals surface area (Å²) in [6.45, 7) is 5.15. The zero-order valence-corrected chi connectivity index (χ0v) is 21.5. The molecule has 0 aliphatic carbocycles. The lowest BCUT2D eigenvalue weighted by molar-refractivity contribution is 0.415. The Morgan fingerprint density at radius 1 is 1.03 bits per heavy atom. The number of halogens is 1. The van der Waals surface area contributed by atoms with Gasteiger partial charge in [-0.2, -0.15) is 0 Å². The maximum atomic E-state index is 6.52. The molecule has 0 bridgehead atoms. The van der Waals surface area contributed by atoms with Crippen molar-refractivity contribution in [3.8, 4) is 5.75 Å². The summed E-state index contributed by atoms with van der Waals surface area (Å²) in [5, 5.41) is 4.71. The topological polar surface area (TPSA) is 42.3 Å². The zero-order valence-electron chi connectivity index (χ0n) is 19.9. The number of thiocarbonyl (C=S) groups is 1. The van der Waals surface area contributed by atoms with Crippen molar-refractivity contribution in [1.29, 1.82) is 0 Å². The van der Waals surface area contributed by atoms with Gasteiger partial charge in [-0.3, -0.25) is 4.98 Å².